The van der Waals surface area contributed by atoms with Gasteiger partial charge in [-0.3, -0.25) is 9.89 Å². The molecule has 1 heterocycles. The topological polar surface area (TPSA) is 58.2 Å². The van der Waals surface area contributed by atoms with E-state index in [2.05, 4.69) is 5.10 Å². The molecule has 0 saturated heterocycles. The Bertz CT molecular complexity index is 817. The third kappa shape index (κ3) is 4.67. The van der Waals surface area contributed by atoms with Crippen LogP contribution in [0.5, 0.6) is 0 Å². The largest absolute Gasteiger partial charge is 0.432 e. The molecule has 0 spiro atoms. The minimum atomic E-state index is -4.59. The number of alkyl halides is 3. The number of rotatable bonds is 5. The number of ether oxygens (including phenoxy) is 1. The van der Waals surface area contributed by atoms with Crippen LogP contribution in [0.1, 0.15) is 47.4 Å². The number of benzene rings is 1. The van der Waals surface area contributed by atoms with Crippen molar-refractivity contribution in [3.05, 3.63) is 52.3 Å². The first-order valence-corrected chi connectivity index (χ1v) is 9.37. The molecule has 1 aromatic heterocycles. The third-order valence-electron chi connectivity index (χ3n) is 5.08. The average Bonchev–Trinajstić information content (AvgIpc) is 3.18. The van der Waals surface area contributed by atoms with Gasteiger partial charge in [0.25, 0.3) is 5.91 Å². The van der Waals surface area contributed by atoms with Crippen molar-refractivity contribution in [3.63, 3.8) is 0 Å². The lowest BCUT2D eigenvalue weighted by molar-refractivity contribution is -0.141. The number of H-pyrrole nitrogens is 1. The number of halogens is 4. The van der Waals surface area contributed by atoms with Crippen molar-refractivity contribution in [2.45, 2.75) is 50.6 Å². The maximum absolute atomic E-state index is 13.1. The number of hydrogen-bond donors (Lipinski definition) is 1. The summed E-state index contributed by atoms with van der Waals surface area (Å²) in [6.07, 6.45) is -1.49. The van der Waals surface area contributed by atoms with Crippen LogP contribution in [0.25, 0.3) is 0 Å². The molecule has 1 saturated carbocycles. The molecule has 28 heavy (non-hydrogen) atoms. The number of nitrogens with zero attached hydrogens (tertiary/aromatic N) is 2. The van der Waals surface area contributed by atoms with Gasteiger partial charge in [0, 0.05) is 30.8 Å². The second-order valence-electron chi connectivity index (χ2n) is 6.86. The molecular weight excluding hydrogens is 395 g/mol. The highest BCUT2D eigenvalue weighted by Gasteiger charge is 2.36. The van der Waals surface area contributed by atoms with Crippen molar-refractivity contribution in [2.24, 2.45) is 0 Å². The van der Waals surface area contributed by atoms with Gasteiger partial charge in [-0.15, -0.1) is 0 Å². The van der Waals surface area contributed by atoms with Gasteiger partial charge in [-0.1, -0.05) is 29.8 Å². The van der Waals surface area contributed by atoms with E-state index in [0.29, 0.717) is 17.9 Å². The molecule has 0 radical (unpaired) electrons. The zero-order valence-electron chi connectivity index (χ0n) is 15.3. The van der Waals surface area contributed by atoms with E-state index in [1.54, 1.807) is 30.2 Å². The number of methoxy groups -OCH3 is 1. The van der Waals surface area contributed by atoms with Crippen LogP contribution in [-0.2, 0) is 17.5 Å². The van der Waals surface area contributed by atoms with Crippen LogP contribution in [-0.4, -0.2) is 40.3 Å². The van der Waals surface area contributed by atoms with Gasteiger partial charge in [-0.25, -0.2) is 0 Å². The van der Waals surface area contributed by atoms with Crippen molar-refractivity contribution in [1.29, 1.82) is 0 Å². The van der Waals surface area contributed by atoms with E-state index in [9.17, 15) is 18.0 Å². The summed E-state index contributed by atoms with van der Waals surface area (Å²) >= 11 is 6.24. The number of nitrogens with one attached hydrogen (secondary N) is 1. The van der Waals surface area contributed by atoms with E-state index in [1.165, 1.54) is 0 Å². The Balaban J connectivity index is 1.86. The predicted molar refractivity (Wildman–Crippen MR) is 98.0 cm³/mol. The summed E-state index contributed by atoms with van der Waals surface area (Å²) in [5, 5.41) is 6.01. The second kappa shape index (κ2) is 8.53. The van der Waals surface area contributed by atoms with Crippen molar-refractivity contribution >= 4 is 17.5 Å². The lowest BCUT2D eigenvalue weighted by Gasteiger charge is -2.36. The van der Waals surface area contributed by atoms with Gasteiger partial charge in [-0.05, 0) is 37.3 Å². The smallest absolute Gasteiger partial charge is 0.381 e. The number of hydrogen-bond acceptors (Lipinski definition) is 3. The first-order valence-electron chi connectivity index (χ1n) is 8.99. The maximum Gasteiger partial charge on any atom is 0.432 e. The SMILES string of the molecule is COC1CCC(N(Cc2ccccc2Cl)C(=O)c2cc(C(F)(F)F)[nH]n2)CC1. The van der Waals surface area contributed by atoms with E-state index < -0.39 is 17.8 Å². The average molecular weight is 416 g/mol. The van der Waals surface area contributed by atoms with Gasteiger partial charge in [-0.2, -0.15) is 18.3 Å². The van der Waals surface area contributed by atoms with Crippen molar-refractivity contribution in [1.82, 2.24) is 15.1 Å². The molecule has 0 aliphatic heterocycles. The van der Waals surface area contributed by atoms with Crippen LogP contribution in [0, 0.1) is 0 Å². The molecule has 9 heteroatoms. The predicted octanol–water partition coefficient (Wildman–Crippen LogP) is 4.68. The number of aromatic nitrogens is 2. The van der Waals surface area contributed by atoms with E-state index in [-0.39, 0.29) is 24.4 Å². The molecule has 3 rings (SSSR count). The minimum absolute atomic E-state index is 0.124. The van der Waals surface area contributed by atoms with Gasteiger partial charge in [0.05, 0.1) is 6.10 Å². The highest BCUT2D eigenvalue weighted by molar-refractivity contribution is 6.31. The van der Waals surface area contributed by atoms with Gasteiger partial charge in [0.15, 0.2) is 5.69 Å². The number of carbonyl (C=O) groups excluding carboxylic acids is 1. The Kier molecular flexibility index (Phi) is 6.30. The molecule has 0 atom stereocenters. The molecular formula is C19H21ClF3N3O2. The van der Waals surface area contributed by atoms with E-state index in [0.717, 1.165) is 24.5 Å². The van der Waals surface area contributed by atoms with Crippen LogP contribution in [0.3, 0.4) is 0 Å². The summed E-state index contributed by atoms with van der Waals surface area (Å²) in [5.74, 6) is -0.549. The van der Waals surface area contributed by atoms with E-state index >= 15 is 0 Å². The molecule has 0 unspecified atom stereocenters. The van der Waals surface area contributed by atoms with Crippen LogP contribution < -0.4 is 0 Å². The molecule has 1 aliphatic carbocycles. The molecule has 1 aliphatic rings. The fraction of sp³-hybridized carbons (Fsp3) is 0.474. The molecule has 1 fully saturated rings. The zero-order valence-corrected chi connectivity index (χ0v) is 16.1. The number of amides is 1. The second-order valence-corrected chi connectivity index (χ2v) is 7.26. The maximum atomic E-state index is 13.1. The Morgan fingerprint density at radius 2 is 1.96 bits per heavy atom. The van der Waals surface area contributed by atoms with Crippen molar-refractivity contribution in [2.75, 3.05) is 7.11 Å². The Morgan fingerprint density at radius 1 is 1.29 bits per heavy atom. The van der Waals surface area contributed by atoms with Crippen molar-refractivity contribution in [3.8, 4) is 0 Å². The normalized spacial score (nSPS) is 20.2. The van der Waals surface area contributed by atoms with Crippen molar-refractivity contribution < 1.29 is 22.7 Å². The quantitative estimate of drug-likeness (QED) is 0.771. The molecule has 1 amide bonds. The van der Waals surface area contributed by atoms with Gasteiger partial charge >= 0.3 is 6.18 Å². The first kappa shape index (κ1) is 20.7. The molecule has 2 aromatic rings. The zero-order chi connectivity index (χ0) is 20.3. The molecule has 152 valence electrons. The summed E-state index contributed by atoms with van der Waals surface area (Å²) in [7, 11) is 1.65. The highest BCUT2D eigenvalue weighted by Crippen LogP contribution is 2.31. The summed E-state index contributed by atoms with van der Waals surface area (Å²) < 4.78 is 44.0. The van der Waals surface area contributed by atoms with Crippen LogP contribution in [0.4, 0.5) is 13.2 Å². The summed E-state index contributed by atoms with van der Waals surface area (Å²) in [5.41, 5.74) is -0.567. The lowest BCUT2D eigenvalue weighted by Crippen LogP contribution is -2.43. The fourth-order valence-electron chi connectivity index (χ4n) is 3.49. The van der Waals surface area contributed by atoms with Gasteiger partial charge in [0.2, 0.25) is 0 Å². The van der Waals surface area contributed by atoms with Crippen LogP contribution in [0.2, 0.25) is 5.02 Å². The van der Waals surface area contributed by atoms with Crippen LogP contribution >= 0.6 is 11.6 Å². The van der Waals surface area contributed by atoms with Gasteiger partial charge in [0.1, 0.15) is 5.69 Å². The summed E-state index contributed by atoms with van der Waals surface area (Å²) in [6, 6.07) is 7.74. The van der Waals surface area contributed by atoms with Crippen LogP contribution in [0.15, 0.2) is 30.3 Å². The lowest BCUT2D eigenvalue weighted by atomic mass is 9.91. The third-order valence-corrected chi connectivity index (χ3v) is 5.45. The summed E-state index contributed by atoms with van der Waals surface area (Å²) in [4.78, 5) is 14.6. The molecule has 1 N–H and O–H groups in total. The molecule has 1 aromatic carbocycles. The molecule has 0 bridgehead atoms. The number of carbonyl (C=O) groups is 1. The minimum Gasteiger partial charge on any atom is -0.381 e. The molecule has 5 nitrogen and oxygen atoms in total. The Labute approximate surface area is 165 Å². The van der Waals surface area contributed by atoms with Gasteiger partial charge < -0.3 is 9.64 Å². The highest BCUT2D eigenvalue weighted by atomic mass is 35.5. The Morgan fingerprint density at radius 3 is 2.54 bits per heavy atom. The number of aromatic amines is 1. The Hall–Kier alpha value is -2.06. The summed E-state index contributed by atoms with van der Waals surface area (Å²) in [6.45, 7) is 0.203. The van der Waals surface area contributed by atoms with E-state index in [4.69, 9.17) is 16.3 Å². The standard InChI is InChI=1S/C19H21ClF3N3O2/c1-28-14-8-6-13(7-9-14)26(11-12-4-2-3-5-15(12)20)18(27)16-10-17(25-24-16)19(21,22)23/h2-5,10,13-14H,6-9,11H2,1H3,(H,24,25). The first-order chi connectivity index (χ1) is 13.3. The fourth-order valence-corrected chi connectivity index (χ4v) is 3.69. The monoisotopic (exact) mass is 415 g/mol. The van der Waals surface area contributed by atoms with E-state index in [1.807, 2.05) is 11.2 Å².